The summed E-state index contributed by atoms with van der Waals surface area (Å²) in [6.07, 6.45) is 5.89. The third-order valence-electron chi connectivity index (χ3n) is 4.93. The van der Waals surface area contributed by atoms with Crippen molar-refractivity contribution in [3.63, 3.8) is 0 Å². The normalized spacial score (nSPS) is 21.9. The van der Waals surface area contributed by atoms with E-state index in [1.54, 1.807) is 7.11 Å². The molecule has 0 saturated heterocycles. The van der Waals surface area contributed by atoms with Gasteiger partial charge in [-0.2, -0.15) is 0 Å². The summed E-state index contributed by atoms with van der Waals surface area (Å²) in [7, 11) is 1.64. The highest BCUT2D eigenvalue weighted by Crippen LogP contribution is 2.33. The van der Waals surface area contributed by atoms with E-state index in [9.17, 15) is 4.79 Å². The van der Waals surface area contributed by atoms with E-state index in [0.717, 1.165) is 17.7 Å². The number of rotatable bonds is 10. The molecule has 2 N–H and O–H groups in total. The van der Waals surface area contributed by atoms with Gasteiger partial charge in [0, 0.05) is 25.5 Å². The monoisotopic (exact) mass is 375 g/mol. The van der Waals surface area contributed by atoms with E-state index >= 15 is 0 Å². The maximum Gasteiger partial charge on any atom is 0.286 e. The first-order valence-corrected chi connectivity index (χ1v) is 9.72. The van der Waals surface area contributed by atoms with Gasteiger partial charge in [-0.3, -0.25) is 4.79 Å². The molecule has 1 aliphatic carbocycles. The zero-order chi connectivity index (χ0) is 19.1. The molecule has 1 amide bonds. The van der Waals surface area contributed by atoms with Crippen LogP contribution in [-0.2, 0) is 14.3 Å². The molecule has 1 aliphatic heterocycles. The molecular formula is C21H29NO5. The van der Waals surface area contributed by atoms with Gasteiger partial charge in [0.2, 0.25) is 6.29 Å². The Morgan fingerprint density at radius 1 is 1.26 bits per heavy atom. The van der Waals surface area contributed by atoms with Crippen LogP contribution >= 0.6 is 0 Å². The molecule has 0 aromatic heterocycles. The van der Waals surface area contributed by atoms with E-state index in [4.69, 9.17) is 19.3 Å². The van der Waals surface area contributed by atoms with Gasteiger partial charge >= 0.3 is 0 Å². The number of carbonyl (C=O) groups is 1. The van der Waals surface area contributed by atoms with Gasteiger partial charge in [-0.1, -0.05) is 12.1 Å². The number of hydrogen-bond acceptors (Lipinski definition) is 5. The van der Waals surface area contributed by atoms with Gasteiger partial charge in [-0.15, -0.1) is 0 Å². The Bertz CT molecular complexity index is 638. The summed E-state index contributed by atoms with van der Waals surface area (Å²) in [5.41, 5.74) is 1.09. The molecular weight excluding hydrogens is 346 g/mol. The first-order valence-electron chi connectivity index (χ1n) is 9.72. The Labute approximate surface area is 160 Å². The van der Waals surface area contributed by atoms with Crippen molar-refractivity contribution in [3.05, 3.63) is 41.7 Å². The van der Waals surface area contributed by atoms with Gasteiger partial charge in [0.25, 0.3) is 5.91 Å². The minimum absolute atomic E-state index is 0.0363. The molecule has 2 aliphatic rings. The maximum absolute atomic E-state index is 12.5. The molecule has 1 aromatic rings. The van der Waals surface area contributed by atoms with Crippen molar-refractivity contribution in [1.29, 1.82) is 0 Å². The van der Waals surface area contributed by atoms with Crippen LogP contribution in [0.4, 0.5) is 0 Å². The third kappa shape index (κ3) is 5.97. The van der Waals surface area contributed by atoms with E-state index in [2.05, 4.69) is 5.32 Å². The predicted octanol–water partition coefficient (Wildman–Crippen LogP) is 2.72. The second-order valence-electron chi connectivity index (χ2n) is 7.15. The van der Waals surface area contributed by atoms with Gasteiger partial charge in [0.1, 0.15) is 5.75 Å². The van der Waals surface area contributed by atoms with Crippen molar-refractivity contribution >= 4 is 5.91 Å². The van der Waals surface area contributed by atoms with Crippen molar-refractivity contribution in [3.8, 4) is 5.75 Å². The van der Waals surface area contributed by atoms with Crippen LogP contribution in [0.1, 0.15) is 43.6 Å². The van der Waals surface area contributed by atoms with E-state index in [0.29, 0.717) is 37.7 Å². The van der Waals surface area contributed by atoms with Crippen LogP contribution in [0.2, 0.25) is 0 Å². The molecule has 1 heterocycles. The number of allylic oxidation sites excluding steroid dienone is 1. The minimum atomic E-state index is -0.470. The molecule has 0 radical (unpaired) electrons. The lowest BCUT2D eigenvalue weighted by Crippen LogP contribution is -2.34. The van der Waals surface area contributed by atoms with E-state index in [-0.39, 0.29) is 18.4 Å². The van der Waals surface area contributed by atoms with Crippen LogP contribution < -0.4 is 10.1 Å². The number of unbranched alkanes of at least 4 members (excludes halogenated alkanes) is 1. The van der Waals surface area contributed by atoms with Crippen molar-refractivity contribution in [2.24, 2.45) is 5.92 Å². The Balaban J connectivity index is 1.67. The highest BCUT2D eigenvalue weighted by Gasteiger charge is 2.30. The lowest BCUT2D eigenvalue weighted by molar-refractivity contribution is -0.146. The largest absolute Gasteiger partial charge is 0.497 e. The Kier molecular flexibility index (Phi) is 7.12. The van der Waals surface area contributed by atoms with E-state index in [1.165, 1.54) is 12.8 Å². The highest BCUT2D eigenvalue weighted by atomic mass is 16.7. The van der Waals surface area contributed by atoms with Crippen LogP contribution in [0, 0.1) is 5.92 Å². The lowest BCUT2D eigenvalue weighted by Gasteiger charge is -2.29. The first kappa shape index (κ1) is 19.7. The summed E-state index contributed by atoms with van der Waals surface area (Å²) in [5, 5.41) is 11.9. The van der Waals surface area contributed by atoms with Gasteiger partial charge < -0.3 is 24.6 Å². The predicted molar refractivity (Wildman–Crippen MR) is 101 cm³/mol. The molecule has 2 atom stereocenters. The van der Waals surface area contributed by atoms with Gasteiger partial charge in [0.05, 0.1) is 13.7 Å². The second kappa shape index (κ2) is 9.76. The van der Waals surface area contributed by atoms with Crippen molar-refractivity contribution < 1.29 is 24.1 Å². The number of amides is 1. The molecule has 1 fully saturated rings. The molecule has 27 heavy (non-hydrogen) atoms. The number of aliphatic hydroxyl groups excluding tert-OH is 1. The summed E-state index contributed by atoms with van der Waals surface area (Å²) in [6.45, 7) is 1.35. The number of aliphatic hydroxyl groups is 1. The highest BCUT2D eigenvalue weighted by molar-refractivity contribution is 5.91. The smallest absolute Gasteiger partial charge is 0.286 e. The maximum atomic E-state index is 12.5. The molecule has 1 saturated carbocycles. The van der Waals surface area contributed by atoms with Crippen LogP contribution in [0.5, 0.6) is 5.75 Å². The number of hydrogen-bond donors (Lipinski definition) is 2. The van der Waals surface area contributed by atoms with Crippen LogP contribution in [0.3, 0.4) is 0 Å². The lowest BCUT2D eigenvalue weighted by atomic mass is 9.93. The quantitative estimate of drug-likeness (QED) is 0.615. The molecule has 1 aromatic carbocycles. The molecule has 6 heteroatoms. The van der Waals surface area contributed by atoms with Gasteiger partial charge in [-0.25, -0.2) is 0 Å². The molecule has 0 spiro atoms. The summed E-state index contributed by atoms with van der Waals surface area (Å²) >= 11 is 0. The topological polar surface area (TPSA) is 77.0 Å². The number of ether oxygens (including phenoxy) is 3. The van der Waals surface area contributed by atoms with Crippen molar-refractivity contribution in [2.75, 3.05) is 26.9 Å². The fourth-order valence-electron chi connectivity index (χ4n) is 3.08. The minimum Gasteiger partial charge on any atom is -0.497 e. The SMILES string of the molecule is COc1ccc([C@@H]2C=C(C(=O)NCC3CC3)O[C@H](OCCCCO)C2)cc1. The zero-order valence-electron chi connectivity index (χ0n) is 15.9. The zero-order valence-corrected chi connectivity index (χ0v) is 15.9. The van der Waals surface area contributed by atoms with Crippen LogP contribution in [0.15, 0.2) is 36.1 Å². The number of benzene rings is 1. The molecule has 6 nitrogen and oxygen atoms in total. The first-order chi connectivity index (χ1) is 13.2. The summed E-state index contributed by atoms with van der Waals surface area (Å²) < 4.78 is 16.9. The molecule has 0 unspecified atom stereocenters. The third-order valence-corrected chi connectivity index (χ3v) is 4.93. The van der Waals surface area contributed by atoms with Crippen LogP contribution in [0.25, 0.3) is 0 Å². The van der Waals surface area contributed by atoms with E-state index < -0.39 is 6.29 Å². The summed E-state index contributed by atoms with van der Waals surface area (Å²) in [5.74, 6) is 1.60. The van der Waals surface area contributed by atoms with Crippen molar-refractivity contribution in [1.82, 2.24) is 5.32 Å². The average Bonchev–Trinajstić information content (AvgIpc) is 3.54. The van der Waals surface area contributed by atoms with Crippen molar-refractivity contribution in [2.45, 2.75) is 44.3 Å². The Morgan fingerprint density at radius 2 is 2.04 bits per heavy atom. The number of nitrogens with one attached hydrogen (secondary N) is 1. The Hall–Kier alpha value is -2.05. The fraction of sp³-hybridized carbons (Fsp3) is 0.571. The summed E-state index contributed by atoms with van der Waals surface area (Å²) in [6, 6.07) is 7.85. The van der Waals surface area contributed by atoms with Crippen LogP contribution in [-0.4, -0.2) is 44.2 Å². The summed E-state index contributed by atoms with van der Waals surface area (Å²) in [4.78, 5) is 12.5. The second-order valence-corrected chi connectivity index (χ2v) is 7.15. The molecule has 3 rings (SSSR count). The van der Waals surface area contributed by atoms with E-state index in [1.807, 2.05) is 30.3 Å². The standard InChI is InChI=1S/C21H29NO5/c1-25-18-8-6-16(7-9-18)17-12-19(21(24)22-14-15-4-5-15)27-20(13-17)26-11-3-2-10-23/h6-9,12,15,17,20,23H,2-5,10-11,13-14H2,1H3,(H,22,24)/t17-,20+/m1/s1. The Morgan fingerprint density at radius 3 is 2.70 bits per heavy atom. The number of carbonyl (C=O) groups excluding carboxylic acids is 1. The fourth-order valence-corrected chi connectivity index (χ4v) is 3.08. The van der Waals surface area contributed by atoms with Gasteiger partial charge in [0.15, 0.2) is 5.76 Å². The average molecular weight is 375 g/mol. The van der Waals surface area contributed by atoms with Gasteiger partial charge in [-0.05, 0) is 55.4 Å². The molecule has 0 bridgehead atoms. The number of methoxy groups -OCH3 is 1. The molecule has 148 valence electrons.